The Hall–Kier alpha value is 0.650. The van der Waals surface area contributed by atoms with E-state index in [9.17, 15) is 0 Å². The Kier molecular flexibility index (Phi) is 4.52. The molecular formula is C11H6Br3ClS. The molecule has 0 radical (unpaired) electrons. The molecule has 2 rings (SSSR count). The average Bonchev–Trinajstić information content (AvgIpc) is 2.67. The standard InChI is InChI=1S/C11H6Br3ClS/c12-7-2-1-6(5-9(7)15)10(14)11-8(13)3-4-16-11/h1-5,10H. The molecular weight excluding hydrogens is 439 g/mol. The fourth-order valence-corrected chi connectivity index (χ4v) is 4.51. The maximum atomic E-state index is 6.08. The zero-order chi connectivity index (χ0) is 11.7. The number of alkyl halides is 1. The molecule has 1 aromatic carbocycles. The number of benzene rings is 1. The zero-order valence-corrected chi connectivity index (χ0v) is 14.2. The van der Waals surface area contributed by atoms with Crippen molar-refractivity contribution < 1.29 is 0 Å². The first-order chi connectivity index (χ1) is 7.59. The van der Waals surface area contributed by atoms with E-state index in [-0.39, 0.29) is 4.83 Å². The SMILES string of the molecule is Clc1cc(C(Br)c2sccc2Br)ccc1Br. The van der Waals surface area contributed by atoms with Gasteiger partial charge in [0.25, 0.3) is 0 Å². The van der Waals surface area contributed by atoms with Gasteiger partial charge in [-0.15, -0.1) is 11.3 Å². The minimum atomic E-state index is 0.174. The van der Waals surface area contributed by atoms with Crippen LogP contribution in [0, 0.1) is 0 Å². The van der Waals surface area contributed by atoms with Crippen LogP contribution in [0.4, 0.5) is 0 Å². The number of halogens is 4. The molecule has 1 atom stereocenters. The summed E-state index contributed by atoms with van der Waals surface area (Å²) in [5, 5.41) is 2.79. The summed E-state index contributed by atoms with van der Waals surface area (Å²) in [5.41, 5.74) is 1.15. The highest BCUT2D eigenvalue weighted by atomic mass is 79.9. The maximum absolute atomic E-state index is 6.08. The van der Waals surface area contributed by atoms with Gasteiger partial charge >= 0.3 is 0 Å². The van der Waals surface area contributed by atoms with Crippen molar-refractivity contribution in [3.05, 3.63) is 54.1 Å². The largest absolute Gasteiger partial charge is 0.146 e. The summed E-state index contributed by atoms with van der Waals surface area (Å²) in [6.45, 7) is 0. The van der Waals surface area contributed by atoms with E-state index in [0.29, 0.717) is 0 Å². The Morgan fingerprint density at radius 3 is 2.44 bits per heavy atom. The molecule has 0 aliphatic carbocycles. The quantitative estimate of drug-likeness (QED) is 0.469. The first-order valence-corrected chi connectivity index (χ1v) is 8.17. The lowest BCUT2D eigenvalue weighted by Crippen LogP contribution is -1.90. The third-order valence-corrected chi connectivity index (χ3v) is 6.57. The second-order valence-electron chi connectivity index (χ2n) is 3.17. The third kappa shape index (κ3) is 2.72. The minimum Gasteiger partial charge on any atom is -0.146 e. The average molecular weight is 445 g/mol. The number of hydrogen-bond donors (Lipinski definition) is 0. The van der Waals surface area contributed by atoms with Gasteiger partial charge in [-0.05, 0) is 61.0 Å². The van der Waals surface area contributed by atoms with Crippen molar-refractivity contribution in [2.24, 2.45) is 0 Å². The monoisotopic (exact) mass is 442 g/mol. The Morgan fingerprint density at radius 1 is 1.12 bits per heavy atom. The van der Waals surface area contributed by atoms with Crippen molar-refractivity contribution in [2.45, 2.75) is 4.83 Å². The maximum Gasteiger partial charge on any atom is 0.0749 e. The van der Waals surface area contributed by atoms with Crippen LogP contribution in [0.5, 0.6) is 0 Å². The van der Waals surface area contributed by atoms with Gasteiger partial charge < -0.3 is 0 Å². The van der Waals surface area contributed by atoms with Gasteiger partial charge in [-0.1, -0.05) is 33.6 Å². The summed E-state index contributed by atoms with van der Waals surface area (Å²) >= 11 is 18.4. The molecule has 84 valence electrons. The van der Waals surface area contributed by atoms with E-state index in [4.69, 9.17) is 11.6 Å². The molecule has 16 heavy (non-hydrogen) atoms. The van der Waals surface area contributed by atoms with Gasteiger partial charge in [-0.3, -0.25) is 0 Å². The summed E-state index contributed by atoms with van der Waals surface area (Å²) < 4.78 is 2.04. The van der Waals surface area contributed by atoms with Crippen molar-refractivity contribution in [1.82, 2.24) is 0 Å². The summed E-state index contributed by atoms with van der Waals surface area (Å²) in [7, 11) is 0. The molecule has 0 saturated carbocycles. The van der Waals surface area contributed by atoms with E-state index >= 15 is 0 Å². The summed E-state index contributed by atoms with van der Waals surface area (Å²) in [5.74, 6) is 0. The Labute approximate surface area is 128 Å². The van der Waals surface area contributed by atoms with E-state index in [1.54, 1.807) is 11.3 Å². The van der Waals surface area contributed by atoms with Crippen molar-refractivity contribution in [2.75, 3.05) is 0 Å². The van der Waals surface area contributed by atoms with Crippen LogP contribution >= 0.6 is 70.7 Å². The molecule has 0 aliphatic rings. The molecule has 0 fully saturated rings. The summed E-state index contributed by atoms with van der Waals surface area (Å²) in [6.07, 6.45) is 0. The topological polar surface area (TPSA) is 0 Å². The molecule has 0 nitrogen and oxygen atoms in total. The smallest absolute Gasteiger partial charge is 0.0749 e. The fourth-order valence-electron chi connectivity index (χ4n) is 1.31. The van der Waals surface area contributed by atoms with Gasteiger partial charge in [-0.2, -0.15) is 0 Å². The lowest BCUT2D eigenvalue weighted by molar-refractivity contribution is 1.21. The van der Waals surface area contributed by atoms with Gasteiger partial charge in [-0.25, -0.2) is 0 Å². The van der Waals surface area contributed by atoms with E-state index in [0.717, 1.165) is 19.5 Å². The lowest BCUT2D eigenvalue weighted by atomic mass is 10.1. The summed E-state index contributed by atoms with van der Waals surface area (Å²) in [6, 6.07) is 8.04. The summed E-state index contributed by atoms with van der Waals surface area (Å²) in [4.78, 5) is 1.42. The Balaban J connectivity index is 2.38. The van der Waals surface area contributed by atoms with Crippen LogP contribution in [-0.2, 0) is 0 Å². The number of rotatable bonds is 2. The van der Waals surface area contributed by atoms with Gasteiger partial charge in [0.2, 0.25) is 0 Å². The molecule has 0 bridgehead atoms. The number of hydrogen-bond acceptors (Lipinski definition) is 1. The third-order valence-electron chi connectivity index (χ3n) is 2.11. The van der Waals surface area contributed by atoms with Crippen molar-refractivity contribution >= 4 is 70.7 Å². The van der Waals surface area contributed by atoms with E-state index in [1.807, 2.05) is 12.1 Å². The second kappa shape index (κ2) is 5.53. The van der Waals surface area contributed by atoms with Crippen LogP contribution in [0.3, 0.4) is 0 Å². The van der Waals surface area contributed by atoms with E-state index in [1.165, 1.54) is 4.88 Å². The molecule has 1 heterocycles. The van der Waals surface area contributed by atoms with Gasteiger partial charge in [0.15, 0.2) is 0 Å². The molecule has 5 heteroatoms. The normalized spacial score (nSPS) is 12.8. The molecule has 1 aromatic heterocycles. The molecule has 0 spiro atoms. The lowest BCUT2D eigenvalue weighted by Gasteiger charge is -2.10. The van der Waals surface area contributed by atoms with Crippen LogP contribution in [0.2, 0.25) is 5.02 Å². The van der Waals surface area contributed by atoms with Gasteiger partial charge in [0, 0.05) is 13.8 Å². The fraction of sp³-hybridized carbons (Fsp3) is 0.0909. The van der Waals surface area contributed by atoms with E-state index in [2.05, 4.69) is 65.3 Å². The molecule has 0 aliphatic heterocycles. The zero-order valence-electron chi connectivity index (χ0n) is 7.88. The highest BCUT2D eigenvalue weighted by molar-refractivity contribution is 9.11. The van der Waals surface area contributed by atoms with Crippen LogP contribution in [0.1, 0.15) is 15.3 Å². The molecule has 0 amide bonds. The molecule has 1 unspecified atom stereocenters. The second-order valence-corrected chi connectivity index (χ2v) is 7.15. The molecule has 0 N–H and O–H groups in total. The molecule has 2 aromatic rings. The molecule has 0 saturated heterocycles. The van der Waals surface area contributed by atoms with Gasteiger partial charge in [0.05, 0.1) is 9.85 Å². The Bertz CT molecular complexity index is 510. The minimum absolute atomic E-state index is 0.174. The first-order valence-electron chi connectivity index (χ1n) is 4.41. The van der Waals surface area contributed by atoms with Crippen LogP contribution in [-0.4, -0.2) is 0 Å². The van der Waals surface area contributed by atoms with Crippen molar-refractivity contribution in [3.8, 4) is 0 Å². The van der Waals surface area contributed by atoms with Crippen LogP contribution < -0.4 is 0 Å². The highest BCUT2D eigenvalue weighted by Gasteiger charge is 2.15. The number of thiophene rings is 1. The predicted molar refractivity (Wildman–Crippen MR) is 81.9 cm³/mol. The first kappa shape index (κ1) is 13.1. The van der Waals surface area contributed by atoms with E-state index < -0.39 is 0 Å². The van der Waals surface area contributed by atoms with Gasteiger partial charge in [0.1, 0.15) is 0 Å². The highest BCUT2D eigenvalue weighted by Crippen LogP contribution is 2.40. The predicted octanol–water partition coefficient (Wildman–Crippen LogP) is 6.41. The van der Waals surface area contributed by atoms with Crippen molar-refractivity contribution in [3.63, 3.8) is 0 Å². The van der Waals surface area contributed by atoms with Crippen LogP contribution in [0.25, 0.3) is 0 Å². The van der Waals surface area contributed by atoms with Crippen molar-refractivity contribution in [1.29, 1.82) is 0 Å². The van der Waals surface area contributed by atoms with Crippen LogP contribution in [0.15, 0.2) is 38.6 Å². The Morgan fingerprint density at radius 2 is 1.88 bits per heavy atom.